The number of fused-ring (bicyclic) bond motifs is 1. The average molecular weight is 356 g/mol. The molecule has 4 rings (SSSR count). The SMILES string of the molecule is O=c1[nH]c2ccccc2n1CCCN1CCC(CC2CCCCC2)CC1. The molecular formula is C22H33N3O. The van der Waals surface area contributed by atoms with E-state index < -0.39 is 0 Å². The number of piperidine rings is 1. The Kier molecular flexibility index (Phi) is 5.78. The number of para-hydroxylation sites is 2. The van der Waals surface area contributed by atoms with Crippen molar-refractivity contribution in [1.29, 1.82) is 0 Å². The van der Waals surface area contributed by atoms with Crippen LogP contribution in [0.15, 0.2) is 29.1 Å². The van der Waals surface area contributed by atoms with Gasteiger partial charge in [0.2, 0.25) is 0 Å². The lowest BCUT2D eigenvalue weighted by atomic mass is 9.80. The van der Waals surface area contributed by atoms with Crippen LogP contribution in [0.5, 0.6) is 0 Å². The molecule has 1 saturated heterocycles. The van der Waals surface area contributed by atoms with Crippen LogP contribution in [0.4, 0.5) is 0 Å². The smallest absolute Gasteiger partial charge is 0.306 e. The zero-order valence-electron chi connectivity index (χ0n) is 16.0. The molecule has 2 fully saturated rings. The van der Waals surface area contributed by atoms with Gasteiger partial charge in [0.05, 0.1) is 11.0 Å². The number of aromatic nitrogens is 2. The topological polar surface area (TPSA) is 41.0 Å². The summed E-state index contributed by atoms with van der Waals surface area (Å²) < 4.78 is 1.89. The van der Waals surface area contributed by atoms with Crippen LogP contribution in [-0.2, 0) is 6.54 Å². The van der Waals surface area contributed by atoms with Crippen LogP contribution in [-0.4, -0.2) is 34.1 Å². The Morgan fingerprint density at radius 2 is 1.65 bits per heavy atom. The fourth-order valence-electron chi connectivity index (χ4n) is 5.12. The molecule has 1 aromatic heterocycles. The average Bonchev–Trinajstić information content (AvgIpc) is 2.99. The van der Waals surface area contributed by atoms with Crippen LogP contribution >= 0.6 is 0 Å². The molecule has 0 amide bonds. The molecule has 0 unspecified atom stereocenters. The minimum absolute atomic E-state index is 0.0254. The Morgan fingerprint density at radius 1 is 0.923 bits per heavy atom. The number of nitrogens with one attached hydrogen (secondary N) is 1. The molecule has 2 aromatic rings. The molecule has 142 valence electrons. The summed E-state index contributed by atoms with van der Waals surface area (Å²) in [5.74, 6) is 1.99. The Bertz CT molecular complexity index is 748. The van der Waals surface area contributed by atoms with E-state index in [4.69, 9.17) is 0 Å². The molecule has 2 aliphatic rings. The van der Waals surface area contributed by atoms with Gasteiger partial charge < -0.3 is 9.88 Å². The lowest BCUT2D eigenvalue weighted by molar-refractivity contribution is 0.155. The number of nitrogens with zero attached hydrogens (tertiary/aromatic N) is 2. The van der Waals surface area contributed by atoms with Crippen LogP contribution in [0.25, 0.3) is 11.0 Å². The van der Waals surface area contributed by atoms with E-state index in [0.29, 0.717) is 0 Å². The van der Waals surface area contributed by atoms with Gasteiger partial charge in [-0.2, -0.15) is 0 Å². The maximum atomic E-state index is 12.1. The van der Waals surface area contributed by atoms with Crippen LogP contribution in [0.3, 0.4) is 0 Å². The number of rotatable bonds is 6. The number of aryl methyl sites for hydroxylation is 1. The molecule has 2 heterocycles. The quantitative estimate of drug-likeness (QED) is 0.834. The molecule has 4 heteroatoms. The van der Waals surface area contributed by atoms with Crippen LogP contribution in [0, 0.1) is 11.8 Å². The van der Waals surface area contributed by atoms with E-state index in [2.05, 4.69) is 9.88 Å². The van der Waals surface area contributed by atoms with Gasteiger partial charge in [0.15, 0.2) is 0 Å². The van der Waals surface area contributed by atoms with Crippen LogP contribution in [0.2, 0.25) is 0 Å². The molecule has 0 bridgehead atoms. The van der Waals surface area contributed by atoms with Gasteiger partial charge in [0.1, 0.15) is 0 Å². The van der Waals surface area contributed by atoms with Gasteiger partial charge in [-0.1, -0.05) is 44.2 Å². The van der Waals surface area contributed by atoms with Crippen molar-refractivity contribution < 1.29 is 0 Å². The van der Waals surface area contributed by atoms with Crippen molar-refractivity contribution >= 4 is 11.0 Å². The highest BCUT2D eigenvalue weighted by Gasteiger charge is 2.23. The van der Waals surface area contributed by atoms with Gasteiger partial charge >= 0.3 is 5.69 Å². The molecule has 4 nitrogen and oxygen atoms in total. The molecule has 1 saturated carbocycles. The number of hydrogen-bond acceptors (Lipinski definition) is 2. The normalized spacial score (nSPS) is 20.8. The summed E-state index contributed by atoms with van der Waals surface area (Å²) in [6.07, 6.45) is 12.7. The molecule has 26 heavy (non-hydrogen) atoms. The second-order valence-corrected chi connectivity index (χ2v) is 8.48. The highest BCUT2D eigenvalue weighted by Crippen LogP contribution is 2.32. The Hall–Kier alpha value is -1.55. The summed E-state index contributed by atoms with van der Waals surface area (Å²) in [5.41, 5.74) is 2.00. The molecular weight excluding hydrogens is 322 g/mol. The first-order valence-electron chi connectivity index (χ1n) is 10.7. The second-order valence-electron chi connectivity index (χ2n) is 8.48. The molecule has 0 atom stereocenters. The van der Waals surface area contributed by atoms with Crippen molar-refractivity contribution in [2.75, 3.05) is 19.6 Å². The van der Waals surface area contributed by atoms with Gasteiger partial charge in [-0.15, -0.1) is 0 Å². The number of hydrogen-bond donors (Lipinski definition) is 1. The van der Waals surface area contributed by atoms with E-state index in [-0.39, 0.29) is 5.69 Å². The van der Waals surface area contributed by atoms with E-state index in [1.54, 1.807) is 0 Å². The zero-order valence-corrected chi connectivity index (χ0v) is 16.0. The van der Waals surface area contributed by atoms with Crippen LogP contribution < -0.4 is 5.69 Å². The highest BCUT2D eigenvalue weighted by atomic mass is 16.1. The number of aromatic amines is 1. The lowest BCUT2D eigenvalue weighted by Gasteiger charge is -2.34. The largest absolute Gasteiger partial charge is 0.326 e. The monoisotopic (exact) mass is 355 g/mol. The Morgan fingerprint density at radius 3 is 2.46 bits per heavy atom. The predicted molar refractivity (Wildman–Crippen MR) is 108 cm³/mol. The third kappa shape index (κ3) is 4.22. The third-order valence-electron chi connectivity index (χ3n) is 6.64. The highest BCUT2D eigenvalue weighted by molar-refractivity contribution is 5.74. The Balaban J connectivity index is 1.21. The first-order valence-corrected chi connectivity index (χ1v) is 10.7. The molecule has 1 aromatic carbocycles. The van der Waals surface area contributed by atoms with Gasteiger partial charge in [0.25, 0.3) is 0 Å². The van der Waals surface area contributed by atoms with E-state index in [9.17, 15) is 4.79 Å². The summed E-state index contributed by atoms with van der Waals surface area (Å²) in [6.45, 7) is 4.42. The van der Waals surface area contributed by atoms with E-state index in [0.717, 1.165) is 42.4 Å². The summed E-state index contributed by atoms with van der Waals surface area (Å²) in [5, 5.41) is 0. The number of likely N-dealkylation sites (tertiary alicyclic amines) is 1. The molecule has 0 radical (unpaired) electrons. The molecule has 0 spiro atoms. The predicted octanol–water partition coefficient (Wildman–Crippen LogP) is 4.40. The molecule has 1 aliphatic carbocycles. The summed E-state index contributed by atoms with van der Waals surface area (Å²) in [6, 6.07) is 7.98. The minimum Gasteiger partial charge on any atom is -0.306 e. The van der Waals surface area contributed by atoms with Crippen molar-refractivity contribution in [3.63, 3.8) is 0 Å². The van der Waals surface area contributed by atoms with Gasteiger partial charge in [-0.25, -0.2) is 4.79 Å². The van der Waals surface area contributed by atoms with Gasteiger partial charge in [0, 0.05) is 6.54 Å². The first-order chi connectivity index (χ1) is 12.8. The fraction of sp³-hybridized carbons (Fsp3) is 0.682. The van der Waals surface area contributed by atoms with Crippen molar-refractivity contribution in [3.05, 3.63) is 34.7 Å². The number of imidazole rings is 1. The second kappa shape index (κ2) is 8.43. The Labute approximate surface area is 156 Å². The van der Waals surface area contributed by atoms with E-state index in [1.807, 2.05) is 28.8 Å². The number of H-pyrrole nitrogens is 1. The van der Waals surface area contributed by atoms with Crippen molar-refractivity contribution in [1.82, 2.24) is 14.5 Å². The van der Waals surface area contributed by atoms with Gasteiger partial charge in [-0.05, 0) is 69.3 Å². The lowest BCUT2D eigenvalue weighted by Crippen LogP contribution is -2.35. The standard InChI is InChI=1S/C22H33N3O/c26-22-23-20-9-4-5-10-21(20)25(22)14-6-13-24-15-11-19(12-16-24)17-18-7-2-1-3-8-18/h4-5,9-10,18-19H,1-3,6-8,11-17H2,(H,23,26). The van der Waals surface area contributed by atoms with Crippen molar-refractivity contribution in [3.8, 4) is 0 Å². The maximum absolute atomic E-state index is 12.1. The van der Waals surface area contributed by atoms with E-state index in [1.165, 1.54) is 64.5 Å². The van der Waals surface area contributed by atoms with Crippen molar-refractivity contribution in [2.45, 2.75) is 64.3 Å². The maximum Gasteiger partial charge on any atom is 0.326 e. The summed E-state index contributed by atoms with van der Waals surface area (Å²) in [4.78, 5) is 17.7. The van der Waals surface area contributed by atoms with Crippen LogP contribution in [0.1, 0.15) is 57.8 Å². The molecule has 1 N–H and O–H groups in total. The fourth-order valence-corrected chi connectivity index (χ4v) is 5.12. The minimum atomic E-state index is 0.0254. The number of benzene rings is 1. The zero-order chi connectivity index (χ0) is 17.8. The van der Waals surface area contributed by atoms with Gasteiger partial charge in [-0.3, -0.25) is 4.57 Å². The first kappa shape index (κ1) is 17.8. The van der Waals surface area contributed by atoms with Crippen molar-refractivity contribution in [2.24, 2.45) is 11.8 Å². The van der Waals surface area contributed by atoms with E-state index >= 15 is 0 Å². The third-order valence-corrected chi connectivity index (χ3v) is 6.64. The summed E-state index contributed by atoms with van der Waals surface area (Å²) >= 11 is 0. The molecule has 1 aliphatic heterocycles. The summed E-state index contributed by atoms with van der Waals surface area (Å²) in [7, 11) is 0.